The van der Waals surface area contributed by atoms with Gasteiger partial charge in [-0.05, 0) is 17.9 Å². The predicted molar refractivity (Wildman–Crippen MR) is 51.9 cm³/mol. The topological polar surface area (TPSA) is 9.23 Å². The van der Waals surface area contributed by atoms with Crippen molar-refractivity contribution in [2.24, 2.45) is 5.41 Å². The standard InChI is InChI=1S/C11H18O/c1-11(2,3)8-9-5-6-10(7-9)12-4/h5-6H,7-8H2,1-4H3. The first-order chi connectivity index (χ1) is 5.51. The van der Waals surface area contributed by atoms with Gasteiger partial charge in [-0.25, -0.2) is 0 Å². The highest BCUT2D eigenvalue weighted by Crippen LogP contribution is 2.30. The Labute approximate surface area is 75.1 Å². The maximum Gasteiger partial charge on any atom is 0.0995 e. The van der Waals surface area contributed by atoms with Crippen molar-refractivity contribution in [3.63, 3.8) is 0 Å². The van der Waals surface area contributed by atoms with Gasteiger partial charge in [0.05, 0.1) is 12.9 Å². The third-order valence-corrected chi connectivity index (χ3v) is 1.93. The summed E-state index contributed by atoms with van der Waals surface area (Å²) >= 11 is 0. The maximum absolute atomic E-state index is 5.16. The first-order valence-electron chi connectivity index (χ1n) is 4.44. The van der Waals surface area contributed by atoms with Crippen molar-refractivity contribution >= 4 is 0 Å². The molecule has 0 saturated heterocycles. The van der Waals surface area contributed by atoms with Crippen molar-refractivity contribution in [3.05, 3.63) is 23.5 Å². The minimum atomic E-state index is 0.392. The van der Waals surface area contributed by atoms with E-state index >= 15 is 0 Å². The summed E-state index contributed by atoms with van der Waals surface area (Å²) in [4.78, 5) is 0. The minimum absolute atomic E-state index is 0.392. The Bertz CT molecular complexity index is 216. The highest BCUT2D eigenvalue weighted by molar-refractivity contribution is 5.27. The van der Waals surface area contributed by atoms with E-state index in [2.05, 4.69) is 32.9 Å². The smallest absolute Gasteiger partial charge is 0.0995 e. The molecule has 0 atom stereocenters. The molecule has 0 unspecified atom stereocenters. The molecule has 1 aliphatic carbocycles. The Morgan fingerprint density at radius 2 is 2.00 bits per heavy atom. The van der Waals surface area contributed by atoms with Crippen LogP contribution in [0.4, 0.5) is 0 Å². The summed E-state index contributed by atoms with van der Waals surface area (Å²) in [6, 6.07) is 0. The molecule has 0 aromatic carbocycles. The molecule has 0 fully saturated rings. The number of ether oxygens (including phenoxy) is 1. The number of allylic oxidation sites excluding steroid dienone is 3. The second-order valence-electron chi connectivity index (χ2n) is 4.58. The van der Waals surface area contributed by atoms with E-state index in [4.69, 9.17) is 4.74 Å². The average molecular weight is 166 g/mol. The van der Waals surface area contributed by atoms with Crippen LogP contribution in [0.2, 0.25) is 0 Å². The van der Waals surface area contributed by atoms with Crippen LogP contribution in [0.5, 0.6) is 0 Å². The molecule has 0 bridgehead atoms. The molecule has 12 heavy (non-hydrogen) atoms. The third kappa shape index (κ3) is 2.72. The van der Waals surface area contributed by atoms with Crippen molar-refractivity contribution < 1.29 is 4.74 Å². The van der Waals surface area contributed by atoms with Gasteiger partial charge < -0.3 is 4.74 Å². The van der Waals surface area contributed by atoms with Gasteiger partial charge in [-0.3, -0.25) is 0 Å². The number of hydrogen-bond acceptors (Lipinski definition) is 1. The van der Waals surface area contributed by atoms with Crippen LogP contribution >= 0.6 is 0 Å². The van der Waals surface area contributed by atoms with Gasteiger partial charge >= 0.3 is 0 Å². The Balaban J connectivity index is 2.42. The molecule has 0 spiro atoms. The number of rotatable bonds is 2. The average Bonchev–Trinajstić information content (AvgIpc) is 2.32. The third-order valence-electron chi connectivity index (χ3n) is 1.93. The molecule has 0 saturated carbocycles. The molecule has 0 N–H and O–H groups in total. The first kappa shape index (κ1) is 9.37. The highest BCUT2D eigenvalue weighted by Gasteiger charge is 2.16. The van der Waals surface area contributed by atoms with Crippen LogP contribution in [0.15, 0.2) is 23.5 Å². The Hall–Kier alpha value is -0.720. The molecule has 1 heteroatoms. The summed E-state index contributed by atoms with van der Waals surface area (Å²) in [5.74, 6) is 1.09. The lowest BCUT2D eigenvalue weighted by Crippen LogP contribution is -2.05. The zero-order valence-corrected chi connectivity index (χ0v) is 8.48. The van der Waals surface area contributed by atoms with Gasteiger partial charge in [0.25, 0.3) is 0 Å². The van der Waals surface area contributed by atoms with Crippen molar-refractivity contribution in [1.82, 2.24) is 0 Å². The van der Waals surface area contributed by atoms with Gasteiger partial charge in [0, 0.05) is 6.42 Å². The monoisotopic (exact) mass is 166 g/mol. The quantitative estimate of drug-likeness (QED) is 0.611. The molecule has 0 aliphatic heterocycles. The van der Waals surface area contributed by atoms with E-state index in [0.29, 0.717) is 5.41 Å². The van der Waals surface area contributed by atoms with Crippen LogP contribution in [0.1, 0.15) is 33.6 Å². The second-order valence-corrected chi connectivity index (χ2v) is 4.58. The molecule has 0 radical (unpaired) electrons. The van der Waals surface area contributed by atoms with Gasteiger partial charge in [-0.2, -0.15) is 0 Å². The fraction of sp³-hybridized carbons (Fsp3) is 0.636. The summed E-state index contributed by atoms with van der Waals surface area (Å²) < 4.78 is 5.16. The van der Waals surface area contributed by atoms with E-state index in [9.17, 15) is 0 Å². The highest BCUT2D eigenvalue weighted by atomic mass is 16.5. The van der Waals surface area contributed by atoms with Gasteiger partial charge in [0.1, 0.15) is 0 Å². The van der Waals surface area contributed by atoms with E-state index in [-0.39, 0.29) is 0 Å². The van der Waals surface area contributed by atoms with Crippen LogP contribution in [-0.2, 0) is 4.74 Å². The summed E-state index contributed by atoms with van der Waals surface area (Å²) in [5.41, 5.74) is 1.88. The lowest BCUT2D eigenvalue weighted by Gasteiger charge is -2.18. The number of methoxy groups -OCH3 is 1. The van der Waals surface area contributed by atoms with E-state index in [1.165, 1.54) is 5.57 Å². The lowest BCUT2D eigenvalue weighted by molar-refractivity contribution is 0.283. The largest absolute Gasteiger partial charge is 0.501 e. The normalized spacial score (nSPS) is 17.3. The summed E-state index contributed by atoms with van der Waals surface area (Å²) in [6.07, 6.45) is 6.43. The molecular formula is C11H18O. The predicted octanol–water partition coefficient (Wildman–Crippen LogP) is 3.28. The van der Waals surface area contributed by atoms with Crippen molar-refractivity contribution in [1.29, 1.82) is 0 Å². The Morgan fingerprint density at radius 1 is 1.33 bits per heavy atom. The molecule has 1 aliphatic rings. The molecular weight excluding hydrogens is 148 g/mol. The summed E-state index contributed by atoms with van der Waals surface area (Å²) in [7, 11) is 1.74. The Kier molecular flexibility index (Phi) is 2.61. The van der Waals surface area contributed by atoms with E-state index < -0.39 is 0 Å². The van der Waals surface area contributed by atoms with Gasteiger partial charge in [-0.15, -0.1) is 0 Å². The van der Waals surface area contributed by atoms with Crippen LogP contribution in [0.3, 0.4) is 0 Å². The molecule has 0 aromatic heterocycles. The fourth-order valence-electron chi connectivity index (χ4n) is 1.50. The van der Waals surface area contributed by atoms with Gasteiger partial charge in [-0.1, -0.05) is 32.4 Å². The zero-order chi connectivity index (χ0) is 9.19. The molecule has 0 aromatic rings. The van der Waals surface area contributed by atoms with Crippen LogP contribution < -0.4 is 0 Å². The van der Waals surface area contributed by atoms with Crippen molar-refractivity contribution in [2.75, 3.05) is 7.11 Å². The van der Waals surface area contributed by atoms with Gasteiger partial charge in [0.2, 0.25) is 0 Å². The maximum atomic E-state index is 5.16. The summed E-state index contributed by atoms with van der Waals surface area (Å²) in [6.45, 7) is 6.79. The fourth-order valence-corrected chi connectivity index (χ4v) is 1.50. The molecule has 0 amide bonds. The Morgan fingerprint density at radius 3 is 2.42 bits per heavy atom. The van der Waals surface area contributed by atoms with E-state index in [0.717, 1.165) is 18.6 Å². The minimum Gasteiger partial charge on any atom is -0.501 e. The first-order valence-corrected chi connectivity index (χ1v) is 4.44. The van der Waals surface area contributed by atoms with Gasteiger partial charge in [0.15, 0.2) is 0 Å². The van der Waals surface area contributed by atoms with Crippen molar-refractivity contribution in [3.8, 4) is 0 Å². The van der Waals surface area contributed by atoms with E-state index in [1.807, 2.05) is 0 Å². The zero-order valence-electron chi connectivity index (χ0n) is 8.48. The number of hydrogen-bond donors (Lipinski definition) is 0. The SMILES string of the molecule is COC1=CC=C(CC(C)(C)C)C1. The molecule has 68 valence electrons. The van der Waals surface area contributed by atoms with E-state index in [1.54, 1.807) is 7.11 Å². The molecule has 1 rings (SSSR count). The summed E-state index contributed by atoms with van der Waals surface area (Å²) in [5, 5.41) is 0. The van der Waals surface area contributed by atoms with Crippen LogP contribution in [0.25, 0.3) is 0 Å². The lowest BCUT2D eigenvalue weighted by atomic mass is 9.87. The van der Waals surface area contributed by atoms with Crippen molar-refractivity contribution in [2.45, 2.75) is 33.6 Å². The van der Waals surface area contributed by atoms with Crippen LogP contribution in [-0.4, -0.2) is 7.11 Å². The second kappa shape index (κ2) is 3.34. The molecule has 0 heterocycles. The van der Waals surface area contributed by atoms with Crippen LogP contribution in [0, 0.1) is 5.41 Å². The molecule has 1 nitrogen and oxygen atoms in total.